The number of nitriles is 2. The first-order chi connectivity index (χ1) is 8.15. The van der Waals surface area contributed by atoms with Crippen molar-refractivity contribution in [2.24, 2.45) is 17.3 Å². The van der Waals surface area contributed by atoms with Crippen LogP contribution in [0.15, 0.2) is 0 Å². The van der Waals surface area contributed by atoms with Gasteiger partial charge in [-0.25, -0.2) is 0 Å². The predicted octanol–water partition coefficient (Wildman–Crippen LogP) is 1.03. The van der Waals surface area contributed by atoms with Crippen LogP contribution < -0.4 is 11.5 Å². The van der Waals surface area contributed by atoms with E-state index in [2.05, 4.69) is 5.32 Å². The van der Waals surface area contributed by atoms with E-state index >= 15 is 0 Å². The quantitative estimate of drug-likeness (QED) is 0.618. The van der Waals surface area contributed by atoms with Crippen molar-refractivity contribution >= 4 is 11.8 Å². The summed E-state index contributed by atoms with van der Waals surface area (Å²) >= 11 is 0. The number of nitrogens with one attached hydrogen (secondary N) is 1. The molecule has 0 aromatic carbocycles. The molecule has 1 aliphatic heterocycles. The summed E-state index contributed by atoms with van der Waals surface area (Å²) in [6, 6.07) is 3.97. The number of rotatable bonds is 0. The van der Waals surface area contributed by atoms with E-state index < -0.39 is 29.1 Å². The zero-order chi connectivity index (χ0) is 12.5. The number of piperidine rings is 1. The molecule has 1 saturated heterocycles. The van der Waals surface area contributed by atoms with Crippen molar-refractivity contribution in [1.29, 1.82) is 10.5 Å². The summed E-state index contributed by atoms with van der Waals surface area (Å²) in [5.41, 5.74) is -0.749. The zero-order valence-corrected chi connectivity index (χ0v) is 10.1. The van der Waals surface area contributed by atoms with Gasteiger partial charge in [0.2, 0.25) is 11.8 Å². The lowest BCUT2D eigenvalue weighted by Crippen LogP contribution is -2.58. The van der Waals surface area contributed by atoms with Crippen LogP contribution in [-0.2, 0) is 9.59 Å². The second-order valence-electron chi connectivity index (χ2n) is 4.77. The summed E-state index contributed by atoms with van der Waals surface area (Å²) in [4.78, 5) is 23.4. The summed E-state index contributed by atoms with van der Waals surface area (Å²) in [5, 5.41) is 20.4. The van der Waals surface area contributed by atoms with E-state index in [-0.39, 0.29) is 6.15 Å². The Bertz CT molecular complexity index is 406. The van der Waals surface area contributed by atoms with Gasteiger partial charge >= 0.3 is 0 Å². The third-order valence-corrected chi connectivity index (χ3v) is 3.96. The van der Waals surface area contributed by atoms with Gasteiger partial charge in [-0.3, -0.25) is 14.9 Å². The molecule has 0 aromatic rings. The van der Waals surface area contributed by atoms with E-state index in [0.29, 0.717) is 12.8 Å². The summed E-state index contributed by atoms with van der Waals surface area (Å²) < 4.78 is 0. The van der Waals surface area contributed by atoms with Crippen LogP contribution >= 0.6 is 0 Å². The highest BCUT2D eigenvalue weighted by Gasteiger charge is 2.56. The normalized spacial score (nSPS) is 29.7. The van der Waals surface area contributed by atoms with E-state index in [1.165, 1.54) is 0 Å². The van der Waals surface area contributed by atoms with Gasteiger partial charge in [0.15, 0.2) is 0 Å². The molecule has 2 fully saturated rings. The topological polar surface area (TPSA) is 129 Å². The van der Waals surface area contributed by atoms with Crippen LogP contribution in [-0.4, -0.2) is 11.8 Å². The average Bonchev–Trinajstić information content (AvgIpc) is 2.30. The molecule has 2 aliphatic rings. The number of amides is 2. The molecule has 0 bridgehead atoms. The largest absolute Gasteiger partial charge is 0.344 e. The molecule has 96 valence electrons. The highest BCUT2D eigenvalue weighted by Crippen LogP contribution is 2.50. The van der Waals surface area contributed by atoms with Gasteiger partial charge in [0.05, 0.1) is 12.1 Å². The van der Waals surface area contributed by atoms with Gasteiger partial charge in [-0.05, 0) is 12.8 Å². The molecule has 4 N–H and O–H groups in total. The minimum absolute atomic E-state index is 0. The molecule has 1 heterocycles. The van der Waals surface area contributed by atoms with Crippen LogP contribution in [0.1, 0.15) is 32.1 Å². The molecule has 0 radical (unpaired) electrons. The van der Waals surface area contributed by atoms with E-state index in [1.807, 2.05) is 12.1 Å². The second-order valence-corrected chi connectivity index (χ2v) is 4.77. The Labute approximate surface area is 106 Å². The van der Waals surface area contributed by atoms with Crippen molar-refractivity contribution in [3.8, 4) is 12.1 Å². The molecule has 2 atom stereocenters. The SMILES string of the molecule is N.N#CC1C(=O)NC(=O)C(C#N)C12CCCCC2. The van der Waals surface area contributed by atoms with Gasteiger partial charge in [-0.2, -0.15) is 10.5 Å². The standard InChI is InChI=1S/C12H13N3O2.H3N/c13-6-8-10(16)15-11(17)9(7-14)12(8)4-2-1-3-5-12;/h8-9H,1-5H2,(H,15,16,17);1H3. The zero-order valence-electron chi connectivity index (χ0n) is 10.1. The van der Waals surface area contributed by atoms with Crippen LogP contribution in [0, 0.1) is 39.9 Å². The number of hydrogen-bond donors (Lipinski definition) is 2. The first-order valence-corrected chi connectivity index (χ1v) is 5.79. The lowest BCUT2D eigenvalue weighted by Gasteiger charge is -2.44. The third kappa shape index (κ3) is 1.85. The number of carbonyl (C=O) groups excluding carboxylic acids is 2. The number of hydrogen-bond acceptors (Lipinski definition) is 5. The Hall–Kier alpha value is -1.92. The van der Waals surface area contributed by atoms with Gasteiger partial charge in [0, 0.05) is 5.41 Å². The monoisotopic (exact) mass is 248 g/mol. The van der Waals surface area contributed by atoms with Crippen molar-refractivity contribution in [3.63, 3.8) is 0 Å². The Morgan fingerprint density at radius 3 is 1.83 bits per heavy atom. The lowest BCUT2D eigenvalue weighted by atomic mass is 9.57. The Morgan fingerprint density at radius 2 is 1.44 bits per heavy atom. The Morgan fingerprint density at radius 1 is 1.00 bits per heavy atom. The lowest BCUT2D eigenvalue weighted by molar-refractivity contribution is -0.146. The third-order valence-electron chi connectivity index (χ3n) is 3.96. The van der Waals surface area contributed by atoms with Crippen LogP contribution in [0.25, 0.3) is 0 Å². The fourth-order valence-corrected chi connectivity index (χ4v) is 3.12. The van der Waals surface area contributed by atoms with E-state index in [1.54, 1.807) is 0 Å². The molecule has 1 saturated carbocycles. The average molecular weight is 248 g/mol. The fraction of sp³-hybridized carbons (Fsp3) is 0.667. The smallest absolute Gasteiger partial charge is 0.244 e. The fourth-order valence-electron chi connectivity index (χ4n) is 3.12. The molecule has 0 aromatic heterocycles. The maximum absolute atomic E-state index is 11.7. The summed E-state index contributed by atoms with van der Waals surface area (Å²) in [5.74, 6) is -2.81. The van der Waals surface area contributed by atoms with Crippen LogP contribution in [0.4, 0.5) is 0 Å². The molecule has 6 heteroatoms. The van der Waals surface area contributed by atoms with Gasteiger partial charge < -0.3 is 6.15 Å². The summed E-state index contributed by atoms with van der Waals surface area (Å²) in [7, 11) is 0. The molecule has 18 heavy (non-hydrogen) atoms. The van der Waals surface area contributed by atoms with Crippen molar-refractivity contribution in [3.05, 3.63) is 0 Å². The molecule has 1 aliphatic carbocycles. The molecule has 2 rings (SSSR count). The number of carbonyl (C=O) groups is 2. The molecular weight excluding hydrogens is 232 g/mol. The minimum Gasteiger partial charge on any atom is -0.344 e. The van der Waals surface area contributed by atoms with Gasteiger partial charge in [0.1, 0.15) is 11.8 Å². The number of nitrogens with zero attached hydrogens (tertiary/aromatic N) is 2. The van der Waals surface area contributed by atoms with Crippen molar-refractivity contribution in [2.45, 2.75) is 32.1 Å². The first kappa shape index (κ1) is 14.1. The maximum Gasteiger partial charge on any atom is 0.244 e. The van der Waals surface area contributed by atoms with Crippen LogP contribution in [0.2, 0.25) is 0 Å². The summed E-state index contributed by atoms with van der Waals surface area (Å²) in [6.07, 6.45) is 4.01. The molecule has 2 amide bonds. The van der Waals surface area contributed by atoms with Crippen molar-refractivity contribution in [1.82, 2.24) is 11.5 Å². The highest BCUT2D eigenvalue weighted by atomic mass is 16.2. The van der Waals surface area contributed by atoms with Gasteiger partial charge in [0.25, 0.3) is 0 Å². The van der Waals surface area contributed by atoms with E-state index in [9.17, 15) is 9.59 Å². The predicted molar refractivity (Wildman–Crippen MR) is 61.9 cm³/mol. The van der Waals surface area contributed by atoms with Crippen molar-refractivity contribution in [2.75, 3.05) is 0 Å². The van der Waals surface area contributed by atoms with Crippen molar-refractivity contribution < 1.29 is 9.59 Å². The Kier molecular flexibility index (Phi) is 4.05. The molecular formula is C12H16N4O2. The maximum atomic E-state index is 11.7. The summed E-state index contributed by atoms with van der Waals surface area (Å²) in [6.45, 7) is 0. The minimum atomic E-state index is -0.870. The molecule has 2 unspecified atom stereocenters. The van der Waals surface area contributed by atoms with E-state index in [0.717, 1.165) is 19.3 Å². The van der Waals surface area contributed by atoms with E-state index in [4.69, 9.17) is 10.5 Å². The Balaban J connectivity index is 0.00000162. The molecule has 1 spiro atoms. The van der Waals surface area contributed by atoms with Crippen LogP contribution in [0.5, 0.6) is 0 Å². The highest BCUT2D eigenvalue weighted by molar-refractivity contribution is 6.03. The van der Waals surface area contributed by atoms with Gasteiger partial charge in [-0.1, -0.05) is 19.3 Å². The molecule has 6 nitrogen and oxygen atoms in total. The number of imide groups is 1. The second kappa shape index (κ2) is 5.16. The van der Waals surface area contributed by atoms with Crippen LogP contribution in [0.3, 0.4) is 0 Å². The first-order valence-electron chi connectivity index (χ1n) is 5.79. The van der Waals surface area contributed by atoms with Gasteiger partial charge in [-0.15, -0.1) is 0 Å².